The van der Waals surface area contributed by atoms with Crippen molar-refractivity contribution >= 4 is 5.82 Å². The average molecular weight is 263 g/mol. The molecule has 0 fully saturated rings. The Labute approximate surface area is 103 Å². The van der Waals surface area contributed by atoms with Crippen LogP contribution >= 0.6 is 0 Å². The van der Waals surface area contributed by atoms with Crippen LogP contribution in [-0.2, 0) is 10.9 Å². The van der Waals surface area contributed by atoms with E-state index in [2.05, 4.69) is 10.3 Å². The van der Waals surface area contributed by atoms with Crippen molar-refractivity contribution < 1.29 is 17.9 Å². The first-order valence-electron chi connectivity index (χ1n) is 5.59. The molecule has 18 heavy (non-hydrogen) atoms. The summed E-state index contributed by atoms with van der Waals surface area (Å²) in [7, 11) is 0. The average Bonchev–Trinajstić information content (AvgIpc) is 2.33. The SMILES string of the molecule is NCCOCCCNc1ccc(C(F)(F)F)cn1. The zero-order chi connectivity index (χ0) is 13.4. The number of rotatable bonds is 7. The number of alkyl halides is 3. The first kappa shape index (κ1) is 14.7. The molecule has 1 heterocycles. The van der Waals surface area contributed by atoms with Gasteiger partial charge in [-0.1, -0.05) is 0 Å². The summed E-state index contributed by atoms with van der Waals surface area (Å²) in [6.07, 6.45) is -2.79. The number of nitrogens with two attached hydrogens (primary N) is 1. The second-order valence-electron chi connectivity index (χ2n) is 3.61. The highest BCUT2D eigenvalue weighted by molar-refractivity contribution is 5.35. The smallest absolute Gasteiger partial charge is 0.380 e. The summed E-state index contributed by atoms with van der Waals surface area (Å²) in [4.78, 5) is 3.69. The van der Waals surface area contributed by atoms with E-state index < -0.39 is 11.7 Å². The largest absolute Gasteiger partial charge is 0.417 e. The van der Waals surface area contributed by atoms with Crippen molar-refractivity contribution in [1.82, 2.24) is 4.98 Å². The lowest BCUT2D eigenvalue weighted by Crippen LogP contribution is -2.12. The first-order chi connectivity index (χ1) is 8.54. The number of pyridine rings is 1. The predicted octanol–water partition coefficient (Wildman–Crippen LogP) is 1.88. The Kier molecular flexibility index (Phi) is 5.87. The summed E-state index contributed by atoms with van der Waals surface area (Å²) < 4.78 is 41.9. The Morgan fingerprint density at radius 2 is 2.06 bits per heavy atom. The maximum atomic E-state index is 12.3. The van der Waals surface area contributed by atoms with Crippen LogP contribution in [0.5, 0.6) is 0 Å². The van der Waals surface area contributed by atoms with Gasteiger partial charge in [-0.15, -0.1) is 0 Å². The van der Waals surface area contributed by atoms with E-state index in [1.807, 2.05) is 0 Å². The van der Waals surface area contributed by atoms with Crippen molar-refractivity contribution in [1.29, 1.82) is 0 Å². The van der Waals surface area contributed by atoms with Gasteiger partial charge in [0.1, 0.15) is 5.82 Å². The van der Waals surface area contributed by atoms with Crippen LogP contribution in [0.2, 0.25) is 0 Å². The molecule has 1 aromatic rings. The Morgan fingerprint density at radius 3 is 2.61 bits per heavy atom. The molecule has 1 aromatic heterocycles. The molecule has 0 saturated heterocycles. The fourth-order valence-electron chi connectivity index (χ4n) is 1.24. The van der Waals surface area contributed by atoms with Gasteiger partial charge < -0.3 is 15.8 Å². The van der Waals surface area contributed by atoms with Crippen LogP contribution in [0.4, 0.5) is 19.0 Å². The van der Waals surface area contributed by atoms with Crippen molar-refractivity contribution in [3.05, 3.63) is 23.9 Å². The van der Waals surface area contributed by atoms with Gasteiger partial charge in [0.2, 0.25) is 0 Å². The van der Waals surface area contributed by atoms with Gasteiger partial charge in [0.15, 0.2) is 0 Å². The van der Waals surface area contributed by atoms with Crippen molar-refractivity contribution in [2.75, 3.05) is 31.6 Å². The fraction of sp³-hybridized carbons (Fsp3) is 0.545. The topological polar surface area (TPSA) is 60.2 Å². The minimum absolute atomic E-state index is 0.418. The minimum Gasteiger partial charge on any atom is -0.380 e. The van der Waals surface area contributed by atoms with Gasteiger partial charge in [0.05, 0.1) is 12.2 Å². The van der Waals surface area contributed by atoms with E-state index >= 15 is 0 Å². The second-order valence-corrected chi connectivity index (χ2v) is 3.61. The van der Waals surface area contributed by atoms with E-state index in [-0.39, 0.29) is 0 Å². The normalized spacial score (nSPS) is 11.6. The fourth-order valence-corrected chi connectivity index (χ4v) is 1.24. The molecule has 0 bridgehead atoms. The zero-order valence-corrected chi connectivity index (χ0v) is 9.83. The third kappa shape index (κ3) is 5.33. The highest BCUT2D eigenvalue weighted by atomic mass is 19.4. The summed E-state index contributed by atoms with van der Waals surface area (Å²) in [5, 5.41) is 2.91. The van der Waals surface area contributed by atoms with E-state index in [4.69, 9.17) is 10.5 Å². The number of hydrogen-bond donors (Lipinski definition) is 2. The van der Waals surface area contributed by atoms with Crippen molar-refractivity contribution in [2.45, 2.75) is 12.6 Å². The number of ether oxygens (including phenoxy) is 1. The molecule has 0 aliphatic heterocycles. The van der Waals surface area contributed by atoms with E-state index in [1.165, 1.54) is 6.07 Å². The third-order valence-electron chi connectivity index (χ3n) is 2.12. The summed E-state index contributed by atoms with van der Waals surface area (Å²) in [5.41, 5.74) is 4.49. The van der Waals surface area contributed by atoms with Crippen LogP contribution in [0.15, 0.2) is 18.3 Å². The lowest BCUT2D eigenvalue weighted by molar-refractivity contribution is -0.137. The van der Waals surface area contributed by atoms with Gasteiger partial charge in [0, 0.05) is 25.9 Å². The first-order valence-corrected chi connectivity index (χ1v) is 5.59. The molecular formula is C11H16F3N3O. The molecule has 0 saturated carbocycles. The minimum atomic E-state index is -4.35. The number of aromatic nitrogens is 1. The number of anilines is 1. The number of nitrogens with one attached hydrogen (secondary N) is 1. The summed E-state index contributed by atoms with van der Waals surface area (Å²) in [6.45, 7) is 2.14. The molecule has 0 aromatic carbocycles. The molecule has 0 spiro atoms. The van der Waals surface area contributed by atoms with E-state index in [1.54, 1.807) is 0 Å². The van der Waals surface area contributed by atoms with Gasteiger partial charge in [-0.3, -0.25) is 0 Å². The van der Waals surface area contributed by atoms with E-state index in [9.17, 15) is 13.2 Å². The van der Waals surface area contributed by atoms with Gasteiger partial charge in [-0.05, 0) is 18.6 Å². The monoisotopic (exact) mass is 263 g/mol. The molecule has 0 aliphatic rings. The van der Waals surface area contributed by atoms with E-state index in [0.717, 1.165) is 18.7 Å². The van der Waals surface area contributed by atoms with Crippen molar-refractivity contribution in [2.24, 2.45) is 5.73 Å². The predicted molar refractivity (Wildman–Crippen MR) is 62.2 cm³/mol. The quantitative estimate of drug-likeness (QED) is 0.737. The van der Waals surface area contributed by atoms with E-state index in [0.29, 0.717) is 32.1 Å². The van der Waals surface area contributed by atoms with Crippen LogP contribution in [-0.4, -0.2) is 31.3 Å². The second kappa shape index (κ2) is 7.17. The number of halogens is 3. The van der Waals surface area contributed by atoms with Crippen LogP contribution in [0.1, 0.15) is 12.0 Å². The van der Waals surface area contributed by atoms with Gasteiger partial charge in [-0.25, -0.2) is 4.98 Å². The molecule has 3 N–H and O–H groups in total. The Hall–Kier alpha value is -1.34. The van der Waals surface area contributed by atoms with Gasteiger partial charge in [-0.2, -0.15) is 13.2 Å². The van der Waals surface area contributed by atoms with Crippen LogP contribution in [0.3, 0.4) is 0 Å². The molecular weight excluding hydrogens is 247 g/mol. The Balaban J connectivity index is 2.27. The molecule has 0 amide bonds. The Morgan fingerprint density at radius 1 is 1.28 bits per heavy atom. The number of hydrogen-bond acceptors (Lipinski definition) is 4. The summed E-state index contributed by atoms with van der Waals surface area (Å²) >= 11 is 0. The molecule has 1 rings (SSSR count). The molecule has 4 nitrogen and oxygen atoms in total. The van der Waals surface area contributed by atoms with Crippen LogP contribution < -0.4 is 11.1 Å². The standard InChI is InChI=1S/C11H16F3N3O/c12-11(13,14)9-2-3-10(17-8-9)16-5-1-6-18-7-4-15/h2-3,8H,1,4-7,15H2,(H,16,17). The zero-order valence-electron chi connectivity index (χ0n) is 9.83. The van der Waals surface area contributed by atoms with Crippen LogP contribution in [0.25, 0.3) is 0 Å². The van der Waals surface area contributed by atoms with Gasteiger partial charge >= 0.3 is 6.18 Å². The molecule has 0 unspecified atom stereocenters. The van der Waals surface area contributed by atoms with Gasteiger partial charge in [0.25, 0.3) is 0 Å². The number of nitrogens with zero attached hydrogens (tertiary/aromatic N) is 1. The maximum Gasteiger partial charge on any atom is 0.417 e. The van der Waals surface area contributed by atoms with Crippen molar-refractivity contribution in [3.63, 3.8) is 0 Å². The molecule has 102 valence electrons. The highest BCUT2D eigenvalue weighted by Crippen LogP contribution is 2.28. The molecule has 0 radical (unpaired) electrons. The van der Waals surface area contributed by atoms with Crippen LogP contribution in [0, 0.1) is 0 Å². The molecule has 0 aliphatic carbocycles. The lowest BCUT2D eigenvalue weighted by atomic mass is 10.3. The molecule has 7 heteroatoms. The summed E-state index contributed by atoms with van der Waals surface area (Å²) in [6, 6.07) is 2.31. The Bertz CT molecular complexity index is 340. The lowest BCUT2D eigenvalue weighted by Gasteiger charge is -2.08. The third-order valence-corrected chi connectivity index (χ3v) is 2.12. The van der Waals surface area contributed by atoms with Crippen molar-refractivity contribution in [3.8, 4) is 0 Å². The summed E-state index contributed by atoms with van der Waals surface area (Å²) in [5.74, 6) is 0.418. The highest BCUT2D eigenvalue weighted by Gasteiger charge is 2.30. The maximum absolute atomic E-state index is 12.3. The molecule has 0 atom stereocenters.